The number of allylic oxidation sites excluding steroid dienone is 1. The van der Waals surface area contributed by atoms with Crippen LogP contribution in [0.4, 0.5) is 5.82 Å². The number of hydrogen-bond donors (Lipinski definition) is 2. The summed E-state index contributed by atoms with van der Waals surface area (Å²) in [5, 5.41) is 2.95. The van der Waals surface area contributed by atoms with E-state index in [-0.39, 0.29) is 17.9 Å². The third-order valence-electron chi connectivity index (χ3n) is 7.78. The molecule has 1 unspecified atom stereocenters. The lowest BCUT2D eigenvalue weighted by Gasteiger charge is -2.21. The molecule has 0 bridgehead atoms. The zero-order valence-electron chi connectivity index (χ0n) is 23.0. The molecule has 1 atom stereocenters. The van der Waals surface area contributed by atoms with Gasteiger partial charge in [-0.05, 0) is 56.7 Å². The second-order valence-electron chi connectivity index (χ2n) is 10.3. The van der Waals surface area contributed by atoms with Crippen LogP contribution in [0.5, 0.6) is 0 Å². The molecule has 0 saturated carbocycles. The predicted octanol–water partition coefficient (Wildman–Crippen LogP) is 3.69. The summed E-state index contributed by atoms with van der Waals surface area (Å²) >= 11 is 0. The lowest BCUT2D eigenvalue weighted by Crippen LogP contribution is -2.30. The first kappa shape index (κ1) is 26.3. The molecule has 2 fully saturated rings. The van der Waals surface area contributed by atoms with Gasteiger partial charge >= 0.3 is 0 Å². The molecule has 2 aromatic heterocycles. The van der Waals surface area contributed by atoms with E-state index in [1.165, 1.54) is 12.8 Å². The van der Waals surface area contributed by atoms with Crippen molar-refractivity contribution in [1.29, 1.82) is 0 Å². The minimum Gasteiger partial charge on any atom is -0.382 e. The number of amides is 2. The van der Waals surface area contributed by atoms with Crippen molar-refractivity contribution >= 4 is 29.0 Å². The van der Waals surface area contributed by atoms with Crippen LogP contribution in [0.2, 0.25) is 0 Å². The van der Waals surface area contributed by atoms with Crippen LogP contribution in [0.3, 0.4) is 0 Å². The Morgan fingerprint density at radius 2 is 1.90 bits per heavy atom. The Morgan fingerprint density at radius 3 is 2.68 bits per heavy atom. The number of carbonyl (C=O) groups is 2. The van der Waals surface area contributed by atoms with E-state index >= 15 is 0 Å². The van der Waals surface area contributed by atoms with Crippen LogP contribution in [0.15, 0.2) is 65.7 Å². The van der Waals surface area contributed by atoms with Gasteiger partial charge in [-0.2, -0.15) is 0 Å². The first-order valence-corrected chi connectivity index (χ1v) is 14.0. The van der Waals surface area contributed by atoms with Crippen molar-refractivity contribution < 1.29 is 9.59 Å². The number of carbonyl (C=O) groups excluding carboxylic acids is 2. The van der Waals surface area contributed by atoms with E-state index < -0.39 is 0 Å². The molecule has 3 aliphatic heterocycles. The highest BCUT2D eigenvalue weighted by molar-refractivity contribution is 6.07. The standard InChI is InChI=1S/C31H32N8O2/c1-2-6-26(40)38-19-5-7-24(38)30-36-27(28-29(32)34-16-20-39(28)30)21-8-10-22(11-9-21)31(41)35-25-13-12-23(14-15-33-25)37-17-3-4-18-37/h8-12,14-16,20,24H,3-5,7,13,17-19H2,1H3,(H2,32,34)(H,33,35,41). The van der Waals surface area contributed by atoms with E-state index in [4.69, 9.17) is 10.7 Å². The largest absolute Gasteiger partial charge is 0.382 e. The highest BCUT2D eigenvalue weighted by atomic mass is 16.2. The van der Waals surface area contributed by atoms with Gasteiger partial charge < -0.3 is 20.9 Å². The molecule has 41 heavy (non-hydrogen) atoms. The minimum absolute atomic E-state index is 0.206. The topological polar surface area (TPSA) is 121 Å². The summed E-state index contributed by atoms with van der Waals surface area (Å²) in [5.41, 5.74) is 10.1. The number of aliphatic imine (C=N–C) groups is 1. The molecule has 0 spiro atoms. The zero-order valence-corrected chi connectivity index (χ0v) is 23.0. The Morgan fingerprint density at radius 1 is 1.10 bits per heavy atom. The van der Waals surface area contributed by atoms with Gasteiger partial charge in [0.2, 0.25) is 0 Å². The lowest BCUT2D eigenvalue weighted by atomic mass is 10.1. The second-order valence-corrected chi connectivity index (χ2v) is 10.3. The molecule has 5 heterocycles. The van der Waals surface area contributed by atoms with Crippen LogP contribution in [0, 0.1) is 11.8 Å². The van der Waals surface area contributed by atoms with Gasteiger partial charge in [0.25, 0.3) is 11.8 Å². The first-order chi connectivity index (χ1) is 20.0. The van der Waals surface area contributed by atoms with Crippen molar-refractivity contribution in [2.75, 3.05) is 25.4 Å². The molecule has 3 aromatic rings. The van der Waals surface area contributed by atoms with Gasteiger partial charge in [0.05, 0.1) is 6.04 Å². The van der Waals surface area contributed by atoms with Gasteiger partial charge in [-0.3, -0.25) is 14.0 Å². The number of aromatic nitrogens is 3. The number of rotatable bonds is 4. The Kier molecular flexibility index (Phi) is 7.25. The molecule has 3 aliphatic rings. The van der Waals surface area contributed by atoms with E-state index in [0.29, 0.717) is 41.4 Å². The van der Waals surface area contributed by atoms with E-state index in [1.54, 1.807) is 36.4 Å². The van der Waals surface area contributed by atoms with E-state index in [0.717, 1.165) is 43.0 Å². The van der Waals surface area contributed by atoms with Crippen LogP contribution in [0.25, 0.3) is 16.8 Å². The van der Waals surface area contributed by atoms with Gasteiger partial charge in [0.15, 0.2) is 0 Å². The molecule has 208 valence electrons. The van der Waals surface area contributed by atoms with Gasteiger partial charge in [0.1, 0.15) is 28.7 Å². The third kappa shape index (κ3) is 5.18. The smallest absolute Gasteiger partial charge is 0.299 e. The summed E-state index contributed by atoms with van der Waals surface area (Å²) in [6.07, 6.45) is 13.9. The zero-order chi connectivity index (χ0) is 28.3. The fourth-order valence-corrected chi connectivity index (χ4v) is 5.78. The predicted molar refractivity (Wildman–Crippen MR) is 158 cm³/mol. The van der Waals surface area contributed by atoms with Crippen molar-refractivity contribution in [2.45, 2.75) is 45.1 Å². The minimum atomic E-state index is -0.226. The number of fused-ring (bicyclic) bond motifs is 1. The van der Waals surface area contributed by atoms with E-state index in [1.807, 2.05) is 28.8 Å². The Balaban J connectivity index is 1.24. The molecule has 2 amide bonds. The molecule has 0 radical (unpaired) electrons. The van der Waals surface area contributed by atoms with Gasteiger partial charge in [-0.15, -0.1) is 0 Å². The lowest BCUT2D eigenvalue weighted by molar-refractivity contribution is -0.126. The number of imidazole rings is 1. The van der Waals surface area contributed by atoms with Gasteiger partial charge in [-0.1, -0.05) is 24.1 Å². The number of nitrogens with zero attached hydrogens (tertiary/aromatic N) is 6. The summed E-state index contributed by atoms with van der Waals surface area (Å²) in [4.78, 5) is 43.6. The van der Waals surface area contributed by atoms with Crippen molar-refractivity contribution in [3.63, 3.8) is 0 Å². The van der Waals surface area contributed by atoms with Crippen LogP contribution in [-0.2, 0) is 4.79 Å². The van der Waals surface area contributed by atoms with Gasteiger partial charge in [-0.25, -0.2) is 15.0 Å². The quantitative estimate of drug-likeness (QED) is 0.480. The summed E-state index contributed by atoms with van der Waals surface area (Å²) in [6.45, 7) is 4.41. The van der Waals surface area contributed by atoms with Crippen molar-refractivity contribution in [3.8, 4) is 23.1 Å². The Hall–Kier alpha value is -4.91. The van der Waals surface area contributed by atoms with E-state index in [9.17, 15) is 9.59 Å². The first-order valence-electron chi connectivity index (χ1n) is 14.0. The number of anilines is 1. The van der Waals surface area contributed by atoms with Crippen LogP contribution in [0.1, 0.15) is 61.3 Å². The maximum atomic E-state index is 13.1. The fourth-order valence-electron chi connectivity index (χ4n) is 5.78. The molecule has 6 rings (SSSR count). The maximum Gasteiger partial charge on any atom is 0.299 e. The average Bonchev–Trinajstić information content (AvgIpc) is 3.73. The maximum absolute atomic E-state index is 13.1. The Bertz CT molecular complexity index is 1650. The molecule has 10 heteroatoms. The highest BCUT2D eigenvalue weighted by Crippen LogP contribution is 2.36. The SMILES string of the molecule is CC#CC(=O)N1CCCC1c1nc(-c2ccc(C(=O)NC3=NC=CC(N4CCCC4)=CC3)cc2)c2c(N)nccn12. The normalized spacial score (nSPS) is 18.5. The van der Waals surface area contributed by atoms with E-state index in [2.05, 4.69) is 38.1 Å². The summed E-state index contributed by atoms with van der Waals surface area (Å²) in [5.74, 6) is 6.59. The van der Waals surface area contributed by atoms with Crippen molar-refractivity contribution in [1.82, 2.24) is 29.5 Å². The molecule has 0 aliphatic carbocycles. The van der Waals surface area contributed by atoms with Gasteiger partial charge in [0, 0.05) is 61.5 Å². The molecule has 1 aromatic carbocycles. The summed E-state index contributed by atoms with van der Waals surface area (Å²) in [7, 11) is 0. The number of likely N-dealkylation sites (tertiary alicyclic amines) is 2. The number of hydrogen-bond acceptors (Lipinski definition) is 7. The monoisotopic (exact) mass is 548 g/mol. The number of benzene rings is 1. The number of amidine groups is 1. The van der Waals surface area contributed by atoms with Crippen LogP contribution in [-0.4, -0.2) is 61.5 Å². The Labute approximate surface area is 238 Å². The second kappa shape index (κ2) is 11.3. The molecule has 3 N–H and O–H groups in total. The molecule has 2 saturated heterocycles. The summed E-state index contributed by atoms with van der Waals surface area (Å²) in [6, 6.07) is 7.03. The average molecular weight is 549 g/mol. The van der Waals surface area contributed by atoms with Crippen molar-refractivity contribution in [2.24, 2.45) is 4.99 Å². The van der Waals surface area contributed by atoms with Crippen LogP contribution >= 0.6 is 0 Å². The van der Waals surface area contributed by atoms with Crippen LogP contribution < -0.4 is 11.1 Å². The fraction of sp³-hybridized carbons (Fsp3) is 0.323. The molecular formula is C31H32N8O2. The number of nitrogen functional groups attached to an aromatic ring is 1. The number of nitrogens with one attached hydrogen (secondary N) is 1. The van der Waals surface area contributed by atoms with Crippen molar-refractivity contribution in [3.05, 3.63) is 72.1 Å². The third-order valence-corrected chi connectivity index (χ3v) is 7.78. The summed E-state index contributed by atoms with van der Waals surface area (Å²) < 4.78 is 1.91. The molecule has 10 nitrogen and oxygen atoms in total. The highest BCUT2D eigenvalue weighted by Gasteiger charge is 2.33. The molecular weight excluding hydrogens is 516 g/mol. The number of nitrogens with two attached hydrogens (primary N) is 1.